The number of hydrogen-bond acceptors (Lipinski definition) is 4. The van der Waals surface area contributed by atoms with E-state index >= 15 is 0 Å². The molecule has 2 aromatic carbocycles. The van der Waals surface area contributed by atoms with Gasteiger partial charge >= 0.3 is 6.18 Å². The minimum Gasteiger partial charge on any atom is -0.404 e. The number of rotatable bonds is 7. The first kappa shape index (κ1) is 33.3. The maximum absolute atomic E-state index is 13.0. The fraction of sp³-hybridized carbons (Fsp3) is 0.364. The van der Waals surface area contributed by atoms with Crippen LogP contribution in [-0.4, -0.2) is 33.9 Å². The van der Waals surface area contributed by atoms with Gasteiger partial charge in [0.1, 0.15) is 5.82 Å². The number of halogens is 4. The lowest BCUT2D eigenvalue weighted by molar-refractivity contribution is -0.137. The Morgan fingerprint density at radius 3 is 2.16 bits per heavy atom. The predicted molar refractivity (Wildman–Crippen MR) is 160 cm³/mol. The number of carbonyl (C=O) groups is 2. The van der Waals surface area contributed by atoms with Crippen LogP contribution in [0.2, 0.25) is 0 Å². The Bertz CT molecular complexity index is 1520. The molecule has 0 spiro atoms. The molecule has 43 heavy (non-hydrogen) atoms. The van der Waals surface area contributed by atoms with Crippen LogP contribution in [0.25, 0.3) is 0 Å². The monoisotopic (exact) mass is 598 g/mol. The quantitative estimate of drug-likeness (QED) is 0.135. The van der Waals surface area contributed by atoms with Gasteiger partial charge in [-0.05, 0) is 55.2 Å². The zero-order valence-corrected chi connectivity index (χ0v) is 25.1. The molecule has 6 nitrogen and oxygen atoms in total. The predicted octanol–water partition coefficient (Wildman–Crippen LogP) is 6.82. The minimum absolute atomic E-state index is 0.0588. The fourth-order valence-corrected chi connectivity index (χ4v) is 5.66. The first-order valence-electron chi connectivity index (χ1n) is 14.1. The third kappa shape index (κ3) is 7.42. The number of ketones is 1. The number of amides is 1. The summed E-state index contributed by atoms with van der Waals surface area (Å²) in [6.45, 7) is 10.2. The summed E-state index contributed by atoms with van der Waals surface area (Å²) in [5, 5.41) is 7.46. The van der Waals surface area contributed by atoms with Crippen LogP contribution >= 0.6 is 0 Å². The molecule has 0 atom stereocenters. The number of benzene rings is 2. The van der Waals surface area contributed by atoms with Crippen LogP contribution in [0.5, 0.6) is 0 Å². The number of hydrogen-bond donors (Lipinski definition) is 2. The van der Waals surface area contributed by atoms with Gasteiger partial charge in [-0.1, -0.05) is 52.0 Å². The number of alkyl halides is 3. The number of nitrogens with one attached hydrogen (secondary N) is 1. The highest BCUT2D eigenvalue weighted by atomic mass is 19.4. The van der Waals surface area contributed by atoms with E-state index in [-0.39, 0.29) is 29.6 Å². The van der Waals surface area contributed by atoms with Crippen LogP contribution in [0.4, 0.5) is 17.6 Å². The Hall–Kier alpha value is -4.21. The molecule has 230 valence electrons. The molecule has 1 amide bonds. The van der Waals surface area contributed by atoms with E-state index in [1.807, 2.05) is 38.3 Å². The molecule has 1 aliphatic rings. The van der Waals surface area contributed by atoms with E-state index < -0.39 is 17.2 Å². The molecule has 0 aliphatic carbocycles. The molecule has 0 fully saturated rings. The van der Waals surface area contributed by atoms with Crippen LogP contribution in [0.3, 0.4) is 0 Å². The number of Topliss-reactive ketones (excluding diaryl/α,β-unsaturated/α-hetero) is 1. The van der Waals surface area contributed by atoms with Crippen LogP contribution in [0, 0.1) is 11.2 Å². The number of aromatic nitrogens is 1. The molecular formula is C33H38F4N4O2. The summed E-state index contributed by atoms with van der Waals surface area (Å²) in [4.78, 5) is 27.3. The number of nitrogens with two attached hydrogens (primary N) is 1. The molecule has 0 unspecified atom stereocenters. The summed E-state index contributed by atoms with van der Waals surface area (Å²) >= 11 is 0. The second-order valence-electron chi connectivity index (χ2n) is 11.1. The Morgan fingerprint density at radius 2 is 1.70 bits per heavy atom. The van der Waals surface area contributed by atoms with Gasteiger partial charge in [-0.15, -0.1) is 0 Å². The zero-order valence-electron chi connectivity index (χ0n) is 25.1. The van der Waals surface area contributed by atoms with Crippen molar-refractivity contribution in [2.24, 2.45) is 5.73 Å². The van der Waals surface area contributed by atoms with Crippen molar-refractivity contribution >= 4 is 17.9 Å². The molecule has 4 rings (SSSR count). The number of fused-ring (bicyclic) bond motifs is 1. The van der Waals surface area contributed by atoms with Gasteiger partial charge in [0, 0.05) is 60.0 Å². The molecule has 10 heteroatoms. The van der Waals surface area contributed by atoms with E-state index in [1.54, 1.807) is 17.0 Å². The van der Waals surface area contributed by atoms with Gasteiger partial charge in [0.15, 0.2) is 5.78 Å². The van der Waals surface area contributed by atoms with Crippen molar-refractivity contribution in [2.75, 3.05) is 6.54 Å². The zero-order chi connectivity index (χ0) is 32.1. The number of aryl methyl sites for hydroxylation is 1. The van der Waals surface area contributed by atoms with Crippen molar-refractivity contribution < 1.29 is 27.2 Å². The normalized spacial score (nSPS) is 14.4. The SMILES string of the molecule is CCc1c(C(C)=O)c2c(n1Cc1ccc(C(F)(F)F)cc1)C(C)(C)CN(C(=O)/C(C=N)=C/N)C2.CCc1cccc(F)c1. The first-order valence-corrected chi connectivity index (χ1v) is 14.1. The molecule has 0 bridgehead atoms. The molecule has 1 aliphatic heterocycles. The van der Waals surface area contributed by atoms with Crippen molar-refractivity contribution in [3.05, 3.63) is 105 Å². The standard InChI is InChI=1S/C25H29F3N4O2.C8H9F/c1-5-20-21(15(2)33)19-13-31(23(34)17(10-29)11-30)14-24(3,4)22(19)32(20)12-16-6-8-18(9-7-16)25(26,27)28;1-2-7-4-3-5-8(9)6-7/h6-11,29H,5,12-14,30H2,1-4H3;3-6H,2H2,1H3/b17-11+,29-10?;. The van der Waals surface area contributed by atoms with E-state index in [0.717, 1.165) is 53.5 Å². The van der Waals surface area contributed by atoms with Crippen molar-refractivity contribution in [3.63, 3.8) is 0 Å². The highest BCUT2D eigenvalue weighted by Gasteiger charge is 2.41. The second-order valence-corrected chi connectivity index (χ2v) is 11.1. The molecule has 3 N–H and O–H groups in total. The Balaban J connectivity index is 0.000000480. The van der Waals surface area contributed by atoms with Gasteiger partial charge in [0.2, 0.25) is 0 Å². The summed E-state index contributed by atoms with van der Waals surface area (Å²) < 4.78 is 53.4. The topological polar surface area (TPSA) is 92.2 Å². The van der Waals surface area contributed by atoms with Crippen molar-refractivity contribution in [2.45, 2.75) is 72.1 Å². The summed E-state index contributed by atoms with van der Waals surface area (Å²) in [5.74, 6) is -0.667. The van der Waals surface area contributed by atoms with E-state index in [4.69, 9.17) is 11.1 Å². The van der Waals surface area contributed by atoms with Gasteiger partial charge < -0.3 is 20.6 Å². The molecule has 0 radical (unpaired) electrons. The molecule has 0 saturated carbocycles. The van der Waals surface area contributed by atoms with Crippen LogP contribution in [0.1, 0.15) is 78.6 Å². The van der Waals surface area contributed by atoms with E-state index in [1.165, 1.54) is 25.1 Å². The van der Waals surface area contributed by atoms with E-state index in [2.05, 4.69) is 0 Å². The molecular weight excluding hydrogens is 560 g/mol. The maximum atomic E-state index is 13.0. The molecule has 3 aromatic rings. The fourth-order valence-electron chi connectivity index (χ4n) is 5.66. The summed E-state index contributed by atoms with van der Waals surface area (Å²) in [5.41, 5.74) is 9.00. The van der Waals surface area contributed by atoms with Gasteiger partial charge in [0.25, 0.3) is 5.91 Å². The largest absolute Gasteiger partial charge is 0.416 e. The van der Waals surface area contributed by atoms with Gasteiger partial charge in [-0.3, -0.25) is 9.59 Å². The Labute approximate surface area is 249 Å². The smallest absolute Gasteiger partial charge is 0.404 e. The van der Waals surface area contributed by atoms with E-state index in [0.29, 0.717) is 30.6 Å². The lowest BCUT2D eigenvalue weighted by atomic mass is 9.81. The van der Waals surface area contributed by atoms with Crippen LogP contribution < -0.4 is 5.73 Å². The average Bonchev–Trinajstić information content (AvgIpc) is 3.27. The summed E-state index contributed by atoms with van der Waals surface area (Å²) in [7, 11) is 0. The third-order valence-corrected chi connectivity index (χ3v) is 7.52. The summed E-state index contributed by atoms with van der Waals surface area (Å²) in [6, 6.07) is 11.7. The maximum Gasteiger partial charge on any atom is 0.416 e. The van der Waals surface area contributed by atoms with Crippen LogP contribution in [-0.2, 0) is 42.3 Å². The average molecular weight is 599 g/mol. The van der Waals surface area contributed by atoms with Gasteiger partial charge in [-0.25, -0.2) is 4.39 Å². The lowest BCUT2D eigenvalue weighted by Crippen LogP contribution is -2.46. The lowest BCUT2D eigenvalue weighted by Gasteiger charge is -2.40. The first-order chi connectivity index (χ1) is 20.2. The summed E-state index contributed by atoms with van der Waals surface area (Å²) in [6.07, 6.45) is -0.966. The minimum atomic E-state index is -4.41. The second kappa shape index (κ2) is 13.4. The van der Waals surface area contributed by atoms with Crippen LogP contribution in [0.15, 0.2) is 60.3 Å². The molecule has 0 saturated heterocycles. The van der Waals surface area contributed by atoms with Gasteiger partial charge in [-0.2, -0.15) is 13.2 Å². The Kier molecular flexibility index (Phi) is 10.4. The van der Waals surface area contributed by atoms with Crippen molar-refractivity contribution in [3.8, 4) is 0 Å². The van der Waals surface area contributed by atoms with Crippen molar-refractivity contribution in [1.82, 2.24) is 9.47 Å². The van der Waals surface area contributed by atoms with Crippen molar-refractivity contribution in [1.29, 1.82) is 5.41 Å². The Morgan fingerprint density at radius 1 is 1.05 bits per heavy atom. The van der Waals surface area contributed by atoms with Gasteiger partial charge in [0.05, 0.1) is 11.1 Å². The molecule has 2 heterocycles. The highest BCUT2D eigenvalue weighted by molar-refractivity contribution is 6.11. The number of nitrogens with zero attached hydrogens (tertiary/aromatic N) is 2. The van der Waals surface area contributed by atoms with E-state index in [9.17, 15) is 27.2 Å². The third-order valence-electron chi connectivity index (χ3n) is 7.52. The highest BCUT2D eigenvalue weighted by Crippen LogP contribution is 2.40. The number of carbonyl (C=O) groups excluding carboxylic acids is 2. The molecule has 1 aromatic heterocycles.